The largest absolute Gasteiger partial charge is 0.494 e. The quantitative estimate of drug-likeness (QED) is 0.772. The van der Waals surface area contributed by atoms with Gasteiger partial charge in [-0.2, -0.15) is 0 Å². The third-order valence-electron chi connectivity index (χ3n) is 1.47. The molecule has 0 fully saturated rings. The van der Waals surface area contributed by atoms with E-state index in [0.29, 0.717) is 6.61 Å². The highest BCUT2D eigenvalue weighted by atomic mass is 79.9. The molecule has 0 bridgehead atoms. The molecule has 0 aromatic heterocycles. The summed E-state index contributed by atoms with van der Waals surface area (Å²) in [5.41, 5.74) is 1.17. The second-order valence-corrected chi connectivity index (χ2v) is 3.80. The number of alkyl halides is 1. The van der Waals surface area contributed by atoms with Gasteiger partial charge in [-0.1, -0.05) is 31.9 Å². The Morgan fingerprint density at radius 2 is 2.17 bits per heavy atom. The fourth-order valence-corrected chi connectivity index (χ4v) is 1.80. The van der Waals surface area contributed by atoms with Gasteiger partial charge in [0.1, 0.15) is 5.75 Å². The van der Waals surface area contributed by atoms with Crippen molar-refractivity contribution in [1.29, 1.82) is 0 Å². The van der Waals surface area contributed by atoms with Crippen LogP contribution in [0.25, 0.3) is 0 Å². The minimum Gasteiger partial charge on any atom is -0.494 e. The lowest BCUT2D eigenvalue weighted by Crippen LogP contribution is -1.94. The first-order valence-corrected chi connectivity index (χ1v) is 5.66. The average Bonchev–Trinajstić information content (AvgIpc) is 2.08. The Kier molecular flexibility index (Phi) is 4.09. The molecule has 0 aliphatic rings. The number of ether oxygens (including phenoxy) is 1. The van der Waals surface area contributed by atoms with Gasteiger partial charge >= 0.3 is 0 Å². The second-order valence-electron chi connectivity index (χ2n) is 2.32. The van der Waals surface area contributed by atoms with E-state index in [4.69, 9.17) is 4.74 Å². The fourth-order valence-electron chi connectivity index (χ4n) is 0.949. The number of hydrogen-bond donors (Lipinski definition) is 0. The smallest absolute Gasteiger partial charge is 0.123 e. The monoisotopic (exact) mass is 292 g/mol. The standard InChI is InChI=1S/C9H10Br2O/c1-2-12-9-4-3-8(11)5-7(9)6-10/h3-5H,2,6H2,1H3. The van der Waals surface area contributed by atoms with E-state index in [1.54, 1.807) is 0 Å². The first kappa shape index (κ1) is 10.1. The Balaban J connectivity index is 2.94. The topological polar surface area (TPSA) is 9.23 Å². The van der Waals surface area contributed by atoms with Crippen molar-refractivity contribution in [2.75, 3.05) is 6.61 Å². The summed E-state index contributed by atoms with van der Waals surface area (Å²) in [5, 5.41) is 0.821. The van der Waals surface area contributed by atoms with E-state index in [2.05, 4.69) is 37.9 Å². The molecule has 66 valence electrons. The van der Waals surface area contributed by atoms with Crippen molar-refractivity contribution < 1.29 is 4.74 Å². The maximum Gasteiger partial charge on any atom is 0.123 e. The molecule has 1 aromatic rings. The van der Waals surface area contributed by atoms with Gasteiger partial charge in [-0.3, -0.25) is 0 Å². The summed E-state index contributed by atoms with van der Waals surface area (Å²) in [6, 6.07) is 6.01. The molecule has 3 heteroatoms. The van der Waals surface area contributed by atoms with Crippen molar-refractivity contribution in [3.63, 3.8) is 0 Å². The summed E-state index contributed by atoms with van der Waals surface area (Å²) in [5.74, 6) is 0.956. The van der Waals surface area contributed by atoms with E-state index in [-0.39, 0.29) is 0 Å². The molecule has 1 nitrogen and oxygen atoms in total. The van der Waals surface area contributed by atoms with Gasteiger partial charge in [-0.25, -0.2) is 0 Å². The van der Waals surface area contributed by atoms with Gasteiger partial charge in [-0.05, 0) is 25.1 Å². The molecule has 0 spiro atoms. The predicted molar refractivity (Wildman–Crippen MR) is 57.9 cm³/mol. The lowest BCUT2D eigenvalue weighted by Gasteiger charge is -2.07. The van der Waals surface area contributed by atoms with Crippen molar-refractivity contribution in [3.05, 3.63) is 28.2 Å². The Bertz CT molecular complexity index is 261. The molecule has 0 saturated heterocycles. The van der Waals surface area contributed by atoms with Gasteiger partial charge in [0.15, 0.2) is 0 Å². The van der Waals surface area contributed by atoms with Crippen LogP contribution in [0.1, 0.15) is 12.5 Å². The molecule has 1 rings (SSSR count). The minimum atomic E-state index is 0.710. The molecule has 0 amide bonds. The van der Waals surface area contributed by atoms with Gasteiger partial charge < -0.3 is 4.74 Å². The summed E-state index contributed by atoms with van der Waals surface area (Å²) in [6.45, 7) is 2.70. The van der Waals surface area contributed by atoms with E-state index in [1.807, 2.05) is 19.1 Å². The molecular formula is C9H10Br2O. The van der Waals surface area contributed by atoms with Crippen LogP contribution in [0.15, 0.2) is 22.7 Å². The van der Waals surface area contributed by atoms with E-state index >= 15 is 0 Å². The van der Waals surface area contributed by atoms with Crippen LogP contribution in [0.4, 0.5) is 0 Å². The van der Waals surface area contributed by atoms with Crippen LogP contribution in [0.5, 0.6) is 5.75 Å². The zero-order valence-electron chi connectivity index (χ0n) is 6.81. The Morgan fingerprint density at radius 3 is 2.75 bits per heavy atom. The Hall–Kier alpha value is -0.0200. The maximum absolute atomic E-state index is 5.43. The zero-order chi connectivity index (χ0) is 8.97. The van der Waals surface area contributed by atoms with Crippen LogP contribution in [-0.2, 0) is 5.33 Å². The van der Waals surface area contributed by atoms with Gasteiger partial charge in [-0.15, -0.1) is 0 Å². The highest BCUT2D eigenvalue weighted by Crippen LogP contribution is 2.24. The van der Waals surface area contributed by atoms with Crippen LogP contribution < -0.4 is 4.74 Å². The highest BCUT2D eigenvalue weighted by molar-refractivity contribution is 9.10. The molecule has 0 heterocycles. The Labute approximate surface area is 89.4 Å². The van der Waals surface area contributed by atoms with Gasteiger partial charge in [0.25, 0.3) is 0 Å². The first-order valence-electron chi connectivity index (χ1n) is 3.75. The number of benzene rings is 1. The van der Waals surface area contributed by atoms with Crippen LogP contribution in [-0.4, -0.2) is 6.61 Å². The molecule has 0 atom stereocenters. The number of halogens is 2. The molecule has 0 aliphatic heterocycles. The maximum atomic E-state index is 5.43. The van der Waals surface area contributed by atoms with E-state index in [1.165, 1.54) is 5.56 Å². The summed E-state index contributed by atoms with van der Waals surface area (Å²) >= 11 is 6.82. The van der Waals surface area contributed by atoms with E-state index in [9.17, 15) is 0 Å². The molecule has 0 aliphatic carbocycles. The first-order chi connectivity index (χ1) is 5.77. The van der Waals surface area contributed by atoms with Gasteiger partial charge in [0, 0.05) is 15.4 Å². The lowest BCUT2D eigenvalue weighted by molar-refractivity contribution is 0.337. The molecule has 0 radical (unpaired) electrons. The van der Waals surface area contributed by atoms with E-state index in [0.717, 1.165) is 15.6 Å². The average molecular weight is 294 g/mol. The lowest BCUT2D eigenvalue weighted by atomic mass is 10.2. The van der Waals surface area contributed by atoms with E-state index < -0.39 is 0 Å². The highest BCUT2D eigenvalue weighted by Gasteiger charge is 2.01. The Morgan fingerprint density at radius 1 is 1.42 bits per heavy atom. The minimum absolute atomic E-state index is 0.710. The SMILES string of the molecule is CCOc1ccc(Br)cc1CBr. The van der Waals surface area contributed by atoms with Gasteiger partial charge in [0.05, 0.1) is 6.61 Å². The van der Waals surface area contributed by atoms with Crippen molar-refractivity contribution in [2.24, 2.45) is 0 Å². The van der Waals surface area contributed by atoms with Crippen LogP contribution >= 0.6 is 31.9 Å². The molecule has 12 heavy (non-hydrogen) atoms. The summed E-state index contributed by atoms with van der Waals surface area (Å²) in [4.78, 5) is 0. The van der Waals surface area contributed by atoms with Crippen molar-refractivity contribution >= 4 is 31.9 Å². The third kappa shape index (κ3) is 2.49. The number of rotatable bonds is 3. The molecule has 1 aromatic carbocycles. The molecular weight excluding hydrogens is 284 g/mol. The zero-order valence-corrected chi connectivity index (χ0v) is 9.98. The summed E-state index contributed by atoms with van der Waals surface area (Å²) in [6.07, 6.45) is 0. The van der Waals surface area contributed by atoms with Crippen LogP contribution in [0.2, 0.25) is 0 Å². The summed E-state index contributed by atoms with van der Waals surface area (Å²) < 4.78 is 6.52. The predicted octanol–water partition coefficient (Wildman–Crippen LogP) is 3.74. The van der Waals surface area contributed by atoms with Gasteiger partial charge in [0.2, 0.25) is 0 Å². The fraction of sp³-hybridized carbons (Fsp3) is 0.333. The normalized spacial score (nSPS) is 9.92. The van der Waals surface area contributed by atoms with Crippen molar-refractivity contribution in [1.82, 2.24) is 0 Å². The third-order valence-corrected chi connectivity index (χ3v) is 2.56. The molecule has 0 unspecified atom stereocenters. The second kappa shape index (κ2) is 4.87. The van der Waals surface area contributed by atoms with Crippen molar-refractivity contribution in [3.8, 4) is 5.75 Å². The summed E-state index contributed by atoms with van der Waals surface area (Å²) in [7, 11) is 0. The van der Waals surface area contributed by atoms with Crippen LogP contribution in [0.3, 0.4) is 0 Å². The van der Waals surface area contributed by atoms with Crippen molar-refractivity contribution in [2.45, 2.75) is 12.3 Å². The molecule has 0 N–H and O–H groups in total. The van der Waals surface area contributed by atoms with Crippen LogP contribution in [0, 0.1) is 0 Å². The molecule has 0 saturated carbocycles. The number of hydrogen-bond acceptors (Lipinski definition) is 1.